The standard InChI is InChI=1S/C23H24Cl2F3N7O/c24-12-7-15(25)18(16(26)8-12)33-22-32-17-10-30-21(31-13-5-6-23(27,28)9-13)34-20(17)35(22)14-3-1-11(2-4-14)19(29)36/h7-8,10-11,13-14H,1-6,9H2,(H2,29,36)(H,32,33)(H,30,31,34)/t11-,13-,14-/m0/s1. The molecule has 4 N–H and O–H groups in total. The van der Waals surface area contributed by atoms with Gasteiger partial charge in [0.15, 0.2) is 5.65 Å². The Kier molecular flexibility index (Phi) is 6.63. The quantitative estimate of drug-likeness (QED) is 0.362. The zero-order valence-electron chi connectivity index (χ0n) is 19.1. The maximum atomic E-state index is 14.7. The Morgan fingerprint density at radius 3 is 2.53 bits per heavy atom. The summed E-state index contributed by atoms with van der Waals surface area (Å²) in [4.78, 5) is 25.1. The second-order valence-corrected chi connectivity index (χ2v) is 10.3. The maximum absolute atomic E-state index is 14.7. The van der Waals surface area contributed by atoms with E-state index < -0.39 is 17.8 Å². The first-order chi connectivity index (χ1) is 17.1. The molecule has 2 aliphatic rings. The van der Waals surface area contributed by atoms with Crippen LogP contribution in [0.25, 0.3) is 11.2 Å². The summed E-state index contributed by atoms with van der Waals surface area (Å²) in [6.45, 7) is 0. The van der Waals surface area contributed by atoms with Gasteiger partial charge in [0.05, 0.1) is 16.9 Å². The molecule has 5 rings (SSSR count). The predicted octanol–water partition coefficient (Wildman–Crippen LogP) is 5.83. The lowest BCUT2D eigenvalue weighted by molar-refractivity contribution is -0.122. The summed E-state index contributed by atoms with van der Waals surface area (Å²) in [7, 11) is 0. The van der Waals surface area contributed by atoms with Crippen LogP contribution in [0, 0.1) is 11.7 Å². The molecule has 8 nitrogen and oxygen atoms in total. The lowest BCUT2D eigenvalue weighted by atomic mass is 9.85. The van der Waals surface area contributed by atoms with Gasteiger partial charge in [0.1, 0.15) is 11.3 Å². The van der Waals surface area contributed by atoms with Crippen LogP contribution < -0.4 is 16.4 Å². The number of hydrogen-bond acceptors (Lipinski definition) is 6. The molecule has 192 valence electrons. The number of rotatable bonds is 6. The van der Waals surface area contributed by atoms with Crippen LogP contribution in [0.3, 0.4) is 0 Å². The molecule has 0 radical (unpaired) electrons. The Bertz CT molecular complexity index is 1290. The van der Waals surface area contributed by atoms with Crippen LogP contribution in [-0.4, -0.2) is 37.4 Å². The normalized spacial score (nSPS) is 23.6. The first-order valence-electron chi connectivity index (χ1n) is 11.7. The summed E-state index contributed by atoms with van der Waals surface area (Å²) in [5.41, 5.74) is 6.38. The third kappa shape index (κ3) is 5.04. The van der Waals surface area contributed by atoms with Gasteiger partial charge in [-0.25, -0.2) is 23.1 Å². The molecule has 13 heteroatoms. The molecule has 2 aromatic heterocycles. The second kappa shape index (κ2) is 9.59. The number of fused-ring (bicyclic) bond motifs is 1. The number of carbonyl (C=O) groups excluding carboxylic acids is 1. The number of nitrogens with two attached hydrogens (primary N) is 1. The van der Waals surface area contributed by atoms with Crippen LogP contribution >= 0.6 is 23.2 Å². The Labute approximate surface area is 214 Å². The number of alkyl halides is 2. The van der Waals surface area contributed by atoms with Crippen molar-refractivity contribution in [2.45, 2.75) is 63.0 Å². The summed E-state index contributed by atoms with van der Waals surface area (Å²) >= 11 is 12.1. The molecule has 1 aromatic carbocycles. The van der Waals surface area contributed by atoms with E-state index in [4.69, 9.17) is 28.9 Å². The molecule has 0 saturated heterocycles. The fourth-order valence-electron chi connectivity index (χ4n) is 5.04. The highest BCUT2D eigenvalue weighted by atomic mass is 35.5. The van der Waals surface area contributed by atoms with Gasteiger partial charge < -0.3 is 16.4 Å². The van der Waals surface area contributed by atoms with Crippen molar-refractivity contribution in [2.24, 2.45) is 11.7 Å². The van der Waals surface area contributed by atoms with E-state index in [0.717, 1.165) is 6.07 Å². The highest BCUT2D eigenvalue weighted by Crippen LogP contribution is 2.39. The van der Waals surface area contributed by atoms with Gasteiger partial charge in [0.25, 0.3) is 0 Å². The fourth-order valence-corrected chi connectivity index (χ4v) is 5.56. The molecule has 2 heterocycles. The van der Waals surface area contributed by atoms with Crippen LogP contribution in [0.2, 0.25) is 10.0 Å². The van der Waals surface area contributed by atoms with Crippen molar-refractivity contribution in [3.8, 4) is 0 Å². The monoisotopic (exact) mass is 541 g/mol. The van der Waals surface area contributed by atoms with Crippen LogP contribution in [-0.2, 0) is 4.79 Å². The average molecular weight is 542 g/mol. The number of primary amides is 1. The second-order valence-electron chi connectivity index (χ2n) is 9.43. The third-order valence-corrected chi connectivity index (χ3v) is 7.39. The number of carbonyl (C=O) groups is 1. The van der Waals surface area contributed by atoms with E-state index in [1.165, 1.54) is 12.3 Å². The molecule has 0 bridgehead atoms. The number of imidazole rings is 1. The van der Waals surface area contributed by atoms with Gasteiger partial charge in [0, 0.05) is 35.9 Å². The molecule has 1 amide bonds. The van der Waals surface area contributed by atoms with Crippen LogP contribution in [0.1, 0.15) is 51.0 Å². The van der Waals surface area contributed by atoms with E-state index in [1.54, 1.807) is 0 Å². The molecular weight excluding hydrogens is 518 g/mol. The van der Waals surface area contributed by atoms with E-state index >= 15 is 0 Å². The minimum Gasteiger partial charge on any atom is -0.369 e. The maximum Gasteiger partial charge on any atom is 0.250 e. The molecule has 2 aliphatic carbocycles. The number of hydrogen-bond donors (Lipinski definition) is 3. The number of halogens is 5. The first kappa shape index (κ1) is 24.9. The van der Waals surface area contributed by atoms with Crippen LogP contribution in [0.15, 0.2) is 18.3 Å². The lowest BCUT2D eigenvalue weighted by Gasteiger charge is -2.29. The highest BCUT2D eigenvalue weighted by Gasteiger charge is 2.39. The Hall–Kier alpha value is -2.79. The van der Waals surface area contributed by atoms with Gasteiger partial charge in [-0.3, -0.25) is 9.36 Å². The van der Waals surface area contributed by atoms with Crippen molar-refractivity contribution >= 4 is 57.9 Å². The molecule has 2 fully saturated rings. The van der Waals surface area contributed by atoms with Gasteiger partial charge in [-0.1, -0.05) is 23.2 Å². The number of nitrogens with zero attached hydrogens (tertiary/aromatic N) is 4. The van der Waals surface area contributed by atoms with Crippen LogP contribution in [0.5, 0.6) is 0 Å². The Balaban J connectivity index is 1.52. The minimum absolute atomic E-state index is 0.00272. The molecule has 1 atom stereocenters. The van der Waals surface area contributed by atoms with Crippen LogP contribution in [0.4, 0.5) is 30.8 Å². The van der Waals surface area contributed by atoms with E-state index in [1.807, 2.05) is 4.57 Å². The van der Waals surface area contributed by atoms with Crippen molar-refractivity contribution in [2.75, 3.05) is 10.6 Å². The minimum atomic E-state index is -2.71. The number of nitrogens with one attached hydrogen (secondary N) is 2. The van der Waals surface area contributed by atoms with E-state index in [2.05, 4.69) is 25.6 Å². The SMILES string of the molecule is NC(=O)[C@H]1CC[C@H](n2c(Nc3c(F)cc(Cl)cc3Cl)nc3cnc(N[C@H]4CCC(F)(F)C4)nc32)CC1. The summed E-state index contributed by atoms with van der Waals surface area (Å²) in [5.74, 6) is -3.42. The van der Waals surface area contributed by atoms with Crippen molar-refractivity contribution in [1.29, 1.82) is 0 Å². The smallest absolute Gasteiger partial charge is 0.250 e. The average Bonchev–Trinajstić information content (AvgIpc) is 3.34. The van der Waals surface area contributed by atoms with Crippen molar-refractivity contribution in [1.82, 2.24) is 19.5 Å². The van der Waals surface area contributed by atoms with Crippen molar-refractivity contribution < 1.29 is 18.0 Å². The fraction of sp³-hybridized carbons (Fsp3) is 0.478. The zero-order valence-corrected chi connectivity index (χ0v) is 20.6. The molecule has 0 aliphatic heterocycles. The van der Waals surface area contributed by atoms with E-state index in [-0.39, 0.29) is 58.3 Å². The van der Waals surface area contributed by atoms with E-state index in [0.29, 0.717) is 43.3 Å². The zero-order chi connectivity index (χ0) is 25.6. The van der Waals surface area contributed by atoms with Gasteiger partial charge in [-0.15, -0.1) is 0 Å². The summed E-state index contributed by atoms with van der Waals surface area (Å²) in [5, 5.41) is 6.20. The third-order valence-electron chi connectivity index (χ3n) is 6.88. The van der Waals surface area contributed by atoms with Gasteiger partial charge in [-0.05, 0) is 44.2 Å². The molecular formula is C23H24Cl2F3N7O. The largest absolute Gasteiger partial charge is 0.369 e. The molecule has 36 heavy (non-hydrogen) atoms. The van der Waals surface area contributed by atoms with Crippen molar-refractivity contribution in [3.63, 3.8) is 0 Å². The van der Waals surface area contributed by atoms with Gasteiger partial charge in [-0.2, -0.15) is 4.98 Å². The van der Waals surface area contributed by atoms with E-state index in [9.17, 15) is 18.0 Å². The molecule has 2 saturated carbocycles. The molecule has 0 unspecified atom stereocenters. The molecule has 3 aromatic rings. The number of benzene rings is 1. The van der Waals surface area contributed by atoms with Crippen molar-refractivity contribution in [3.05, 3.63) is 34.2 Å². The number of aromatic nitrogens is 4. The lowest BCUT2D eigenvalue weighted by Crippen LogP contribution is -2.29. The summed E-state index contributed by atoms with van der Waals surface area (Å²) in [6, 6.07) is 1.99. The summed E-state index contributed by atoms with van der Waals surface area (Å²) < 4.78 is 43.8. The van der Waals surface area contributed by atoms with Gasteiger partial charge >= 0.3 is 0 Å². The van der Waals surface area contributed by atoms with Gasteiger partial charge in [0.2, 0.25) is 23.7 Å². The first-order valence-corrected chi connectivity index (χ1v) is 12.5. The highest BCUT2D eigenvalue weighted by molar-refractivity contribution is 6.36. The molecule has 0 spiro atoms. The summed E-state index contributed by atoms with van der Waals surface area (Å²) in [6.07, 6.45) is 3.74. The Morgan fingerprint density at radius 2 is 1.89 bits per heavy atom. The topological polar surface area (TPSA) is 111 Å². The number of anilines is 3. The number of amides is 1. The Morgan fingerprint density at radius 1 is 1.14 bits per heavy atom. The predicted molar refractivity (Wildman–Crippen MR) is 131 cm³/mol.